The third kappa shape index (κ3) is 2.92. The number of fused-ring (bicyclic) bond motifs is 1. The highest BCUT2D eigenvalue weighted by Crippen LogP contribution is 2.56. The molecule has 2 rings (SSSR count). The second-order valence-electron chi connectivity index (χ2n) is 7.52. The molecule has 1 unspecified atom stereocenters. The Labute approximate surface area is 113 Å². The third-order valence-corrected chi connectivity index (χ3v) is 5.87. The molecule has 0 amide bonds. The maximum absolute atomic E-state index is 10.2. The normalized spacial score (nSPS) is 40.2. The molecule has 1 nitrogen and oxygen atoms in total. The van der Waals surface area contributed by atoms with Crippen LogP contribution < -0.4 is 0 Å². The van der Waals surface area contributed by atoms with Gasteiger partial charge in [0.1, 0.15) is 0 Å². The molecule has 0 aromatic rings. The summed E-state index contributed by atoms with van der Waals surface area (Å²) in [7, 11) is 0. The summed E-state index contributed by atoms with van der Waals surface area (Å²) < 4.78 is 0. The minimum Gasteiger partial charge on any atom is -0.393 e. The van der Waals surface area contributed by atoms with Gasteiger partial charge in [-0.3, -0.25) is 0 Å². The SMILES string of the molecule is CC(C)CCCC[C@H]1CC[C@H]2[C@@H](O)CCCC12C. The molecule has 0 spiro atoms. The fraction of sp³-hybridized carbons (Fsp3) is 1.00. The molecule has 0 aromatic carbocycles. The van der Waals surface area contributed by atoms with Gasteiger partial charge in [0.25, 0.3) is 0 Å². The lowest BCUT2D eigenvalue weighted by molar-refractivity contribution is -0.0187. The van der Waals surface area contributed by atoms with Gasteiger partial charge in [0, 0.05) is 0 Å². The highest BCUT2D eigenvalue weighted by Gasteiger charge is 2.50. The average molecular weight is 252 g/mol. The summed E-state index contributed by atoms with van der Waals surface area (Å²) in [5, 5.41) is 10.2. The first-order valence-corrected chi connectivity index (χ1v) is 8.22. The maximum atomic E-state index is 10.2. The zero-order chi connectivity index (χ0) is 13.2. The first-order chi connectivity index (χ1) is 8.54. The van der Waals surface area contributed by atoms with Crippen LogP contribution in [0.25, 0.3) is 0 Å². The third-order valence-electron chi connectivity index (χ3n) is 5.87. The molecule has 1 heteroatoms. The predicted octanol–water partition coefficient (Wildman–Crippen LogP) is 4.78. The Morgan fingerprint density at radius 2 is 1.94 bits per heavy atom. The largest absolute Gasteiger partial charge is 0.393 e. The van der Waals surface area contributed by atoms with Gasteiger partial charge < -0.3 is 5.11 Å². The minimum atomic E-state index is 0.00409. The Hall–Kier alpha value is -0.0400. The molecule has 2 saturated carbocycles. The molecular weight excluding hydrogens is 220 g/mol. The topological polar surface area (TPSA) is 20.2 Å². The smallest absolute Gasteiger partial charge is 0.0573 e. The van der Waals surface area contributed by atoms with Crippen LogP contribution >= 0.6 is 0 Å². The first kappa shape index (κ1) is 14.4. The number of rotatable bonds is 5. The second kappa shape index (κ2) is 5.94. The second-order valence-corrected chi connectivity index (χ2v) is 7.52. The molecule has 0 aliphatic heterocycles. The molecule has 18 heavy (non-hydrogen) atoms. The van der Waals surface area contributed by atoms with Crippen LogP contribution in [0, 0.1) is 23.2 Å². The van der Waals surface area contributed by atoms with Gasteiger partial charge >= 0.3 is 0 Å². The van der Waals surface area contributed by atoms with Crippen LogP contribution in [-0.2, 0) is 0 Å². The van der Waals surface area contributed by atoms with E-state index in [1.807, 2.05) is 0 Å². The van der Waals surface area contributed by atoms with Gasteiger partial charge in [0.2, 0.25) is 0 Å². The minimum absolute atomic E-state index is 0.00409. The molecule has 0 bridgehead atoms. The summed E-state index contributed by atoms with van der Waals surface area (Å²) in [6.45, 7) is 7.12. The van der Waals surface area contributed by atoms with E-state index >= 15 is 0 Å². The number of aliphatic hydroxyl groups excluding tert-OH is 1. The number of hydrogen-bond acceptors (Lipinski definition) is 1. The Balaban J connectivity index is 1.83. The van der Waals surface area contributed by atoms with Crippen molar-refractivity contribution in [3.8, 4) is 0 Å². The van der Waals surface area contributed by atoms with Crippen LogP contribution in [-0.4, -0.2) is 11.2 Å². The maximum Gasteiger partial charge on any atom is 0.0573 e. The van der Waals surface area contributed by atoms with Crippen molar-refractivity contribution < 1.29 is 5.11 Å². The highest BCUT2D eigenvalue weighted by atomic mass is 16.3. The molecule has 0 aromatic heterocycles. The molecule has 2 fully saturated rings. The van der Waals surface area contributed by atoms with E-state index in [0.29, 0.717) is 11.3 Å². The van der Waals surface area contributed by atoms with E-state index in [-0.39, 0.29) is 6.10 Å². The van der Waals surface area contributed by atoms with Crippen molar-refractivity contribution in [1.82, 2.24) is 0 Å². The van der Waals surface area contributed by atoms with Gasteiger partial charge in [-0.2, -0.15) is 0 Å². The standard InChI is InChI=1S/C17H32O/c1-13(2)7-4-5-8-14-10-11-15-16(18)9-6-12-17(14,15)3/h13-16,18H,4-12H2,1-3H3/t14-,15-,16-,17?/m0/s1. The van der Waals surface area contributed by atoms with Crippen LogP contribution in [0.5, 0.6) is 0 Å². The monoisotopic (exact) mass is 252 g/mol. The van der Waals surface area contributed by atoms with Crippen molar-refractivity contribution >= 4 is 0 Å². The quantitative estimate of drug-likeness (QED) is 0.698. The van der Waals surface area contributed by atoms with Crippen molar-refractivity contribution in [3.05, 3.63) is 0 Å². The lowest BCUT2D eigenvalue weighted by atomic mass is 9.63. The summed E-state index contributed by atoms with van der Waals surface area (Å²) in [5.74, 6) is 2.36. The van der Waals surface area contributed by atoms with Gasteiger partial charge in [-0.25, -0.2) is 0 Å². The van der Waals surface area contributed by atoms with Crippen molar-refractivity contribution in [2.45, 2.75) is 84.7 Å². The molecule has 2 aliphatic rings. The Bertz CT molecular complexity index is 260. The van der Waals surface area contributed by atoms with E-state index in [1.165, 1.54) is 51.4 Å². The van der Waals surface area contributed by atoms with E-state index in [4.69, 9.17) is 0 Å². The van der Waals surface area contributed by atoms with Gasteiger partial charge in [-0.05, 0) is 55.3 Å². The lowest BCUT2D eigenvalue weighted by Gasteiger charge is -2.43. The fourth-order valence-electron chi connectivity index (χ4n) is 4.68. The summed E-state index contributed by atoms with van der Waals surface area (Å²) in [5.41, 5.74) is 0.468. The van der Waals surface area contributed by atoms with E-state index in [0.717, 1.165) is 18.3 Å². The zero-order valence-electron chi connectivity index (χ0n) is 12.6. The summed E-state index contributed by atoms with van der Waals surface area (Å²) in [6, 6.07) is 0. The Kier molecular flexibility index (Phi) is 4.75. The fourth-order valence-corrected chi connectivity index (χ4v) is 4.68. The Morgan fingerprint density at radius 3 is 2.67 bits per heavy atom. The summed E-state index contributed by atoms with van der Waals surface area (Å²) >= 11 is 0. The zero-order valence-corrected chi connectivity index (χ0v) is 12.6. The van der Waals surface area contributed by atoms with E-state index in [2.05, 4.69) is 20.8 Å². The van der Waals surface area contributed by atoms with E-state index < -0.39 is 0 Å². The molecule has 4 atom stereocenters. The lowest BCUT2D eigenvalue weighted by Crippen LogP contribution is -2.39. The molecule has 2 aliphatic carbocycles. The highest BCUT2D eigenvalue weighted by molar-refractivity contribution is 5.00. The number of hydrogen-bond donors (Lipinski definition) is 1. The molecule has 1 N–H and O–H groups in total. The summed E-state index contributed by atoms with van der Waals surface area (Å²) in [4.78, 5) is 0. The van der Waals surface area contributed by atoms with Crippen molar-refractivity contribution in [1.29, 1.82) is 0 Å². The van der Waals surface area contributed by atoms with Crippen LogP contribution in [0.3, 0.4) is 0 Å². The van der Waals surface area contributed by atoms with Crippen molar-refractivity contribution in [2.75, 3.05) is 0 Å². The van der Waals surface area contributed by atoms with Gasteiger partial charge in [-0.15, -0.1) is 0 Å². The molecule has 0 saturated heterocycles. The van der Waals surface area contributed by atoms with Gasteiger partial charge in [0.15, 0.2) is 0 Å². The molecule has 106 valence electrons. The van der Waals surface area contributed by atoms with Gasteiger partial charge in [0.05, 0.1) is 6.10 Å². The van der Waals surface area contributed by atoms with Crippen LogP contribution in [0.4, 0.5) is 0 Å². The van der Waals surface area contributed by atoms with Crippen LogP contribution in [0.1, 0.15) is 78.6 Å². The van der Waals surface area contributed by atoms with Crippen LogP contribution in [0.15, 0.2) is 0 Å². The van der Waals surface area contributed by atoms with Crippen LogP contribution in [0.2, 0.25) is 0 Å². The Morgan fingerprint density at radius 1 is 1.17 bits per heavy atom. The van der Waals surface area contributed by atoms with E-state index in [1.54, 1.807) is 0 Å². The van der Waals surface area contributed by atoms with Crippen molar-refractivity contribution in [3.63, 3.8) is 0 Å². The van der Waals surface area contributed by atoms with Gasteiger partial charge in [-0.1, -0.05) is 46.5 Å². The first-order valence-electron chi connectivity index (χ1n) is 8.22. The summed E-state index contributed by atoms with van der Waals surface area (Å²) in [6.07, 6.45) is 11.9. The molecular formula is C17H32O. The average Bonchev–Trinajstić information content (AvgIpc) is 2.63. The van der Waals surface area contributed by atoms with E-state index in [9.17, 15) is 5.11 Å². The number of unbranched alkanes of at least 4 members (excludes halogenated alkanes) is 1. The molecule has 0 heterocycles. The number of aliphatic hydroxyl groups is 1. The van der Waals surface area contributed by atoms with Crippen molar-refractivity contribution in [2.24, 2.45) is 23.2 Å². The predicted molar refractivity (Wildman–Crippen MR) is 77.5 cm³/mol. The molecule has 0 radical (unpaired) electrons.